The van der Waals surface area contributed by atoms with Gasteiger partial charge in [0.25, 0.3) is 10.1 Å². The van der Waals surface area contributed by atoms with E-state index >= 15 is 0 Å². The number of piperidine rings is 1. The van der Waals surface area contributed by atoms with E-state index in [0.717, 1.165) is 51.6 Å². The lowest BCUT2D eigenvalue weighted by molar-refractivity contribution is -0.144. The quantitative estimate of drug-likeness (QED) is 0.0725. The molecule has 0 spiro atoms. The highest BCUT2D eigenvalue weighted by molar-refractivity contribution is 7.85. The van der Waals surface area contributed by atoms with Gasteiger partial charge in [0, 0.05) is 17.7 Å². The van der Waals surface area contributed by atoms with Crippen molar-refractivity contribution in [3.05, 3.63) is 29.8 Å². The molecule has 2 amide bonds. The van der Waals surface area contributed by atoms with Crippen molar-refractivity contribution in [3.8, 4) is 0 Å². The highest BCUT2D eigenvalue weighted by atomic mass is 32.2. The van der Waals surface area contributed by atoms with Crippen molar-refractivity contribution < 1.29 is 36.8 Å². The molecule has 4 N–H and O–H groups in total. The average molecular weight is 613 g/mol. The number of alkyl carbamates (subject to hydrolysis) is 1. The molecule has 1 heterocycles. The Balaban J connectivity index is 0.00000162. The Kier molecular flexibility index (Phi) is 18.3. The number of carbonyl (C=O) groups excluding carboxylic acids is 3. The van der Waals surface area contributed by atoms with E-state index < -0.39 is 16.2 Å². The number of hydrogen-bond donors (Lipinski definition) is 4. The van der Waals surface area contributed by atoms with Gasteiger partial charge in [-0.05, 0) is 75.9 Å². The molecule has 238 valence electrons. The predicted molar refractivity (Wildman–Crippen MR) is 162 cm³/mol. The Bertz CT molecular complexity index is 1060. The lowest BCUT2D eigenvalue weighted by Gasteiger charge is -2.31. The molecule has 1 aliphatic heterocycles. The summed E-state index contributed by atoms with van der Waals surface area (Å²) in [6.45, 7) is 6.77. The smallest absolute Gasteiger partial charge is 0.412 e. The van der Waals surface area contributed by atoms with Crippen LogP contribution >= 0.6 is 0 Å². The fourth-order valence-corrected chi connectivity index (χ4v) is 4.36. The summed E-state index contributed by atoms with van der Waals surface area (Å²) in [7, 11) is -3.67. The minimum Gasteiger partial charge on any atom is -0.465 e. The predicted octanol–water partition coefficient (Wildman–Crippen LogP) is 4.60. The van der Waals surface area contributed by atoms with Crippen molar-refractivity contribution >= 4 is 39.6 Å². The van der Waals surface area contributed by atoms with Crippen LogP contribution in [0.3, 0.4) is 0 Å². The normalized spacial score (nSPS) is 13.8. The summed E-state index contributed by atoms with van der Waals surface area (Å²) in [5.41, 5.74) is 1.18. The molecule has 13 heteroatoms. The van der Waals surface area contributed by atoms with Gasteiger partial charge in [0.05, 0.1) is 26.0 Å². The van der Waals surface area contributed by atoms with E-state index in [1.165, 1.54) is 19.3 Å². The molecular weight excluding hydrogens is 564 g/mol. The lowest BCUT2D eigenvalue weighted by atomic mass is 9.92. The number of carbonyl (C=O) groups is 3. The van der Waals surface area contributed by atoms with Gasteiger partial charge in [-0.3, -0.25) is 29.8 Å². The summed E-state index contributed by atoms with van der Waals surface area (Å²) in [6, 6.07) is 6.81. The van der Waals surface area contributed by atoms with Gasteiger partial charge in [0.1, 0.15) is 5.84 Å². The molecule has 1 aromatic carbocycles. The van der Waals surface area contributed by atoms with Gasteiger partial charge in [0.15, 0.2) is 0 Å². The van der Waals surface area contributed by atoms with E-state index in [9.17, 15) is 22.8 Å². The van der Waals surface area contributed by atoms with Crippen molar-refractivity contribution in [3.63, 3.8) is 0 Å². The third kappa shape index (κ3) is 19.2. The zero-order chi connectivity index (χ0) is 31.4. The number of ether oxygens (including phenoxy) is 2. The first kappa shape index (κ1) is 37.0. The standard InChI is InChI=1S/C28H44N4O5.CH4O3S/c1-3-5-6-7-8-9-20-37-28(35)31-27(29)23-11-13-24(14-12-23)30-25(33)15-10-22-16-18-32(19-17-22)21-26(34)36-4-2;1-5(2,3)4/h11-14,22H,3-10,15-21H2,1-2H3,(H,30,33)(H2,29,31,35);1H3,(H,2,3,4). The Morgan fingerprint density at radius 3 is 2.19 bits per heavy atom. The van der Waals surface area contributed by atoms with Crippen LogP contribution in [-0.2, 0) is 29.2 Å². The van der Waals surface area contributed by atoms with E-state index in [4.69, 9.17) is 19.4 Å². The molecule has 0 radical (unpaired) electrons. The molecular formula is C29H48N4O8S. The number of rotatable bonds is 15. The number of hydrogen-bond acceptors (Lipinski definition) is 9. The summed E-state index contributed by atoms with van der Waals surface area (Å²) in [5.74, 6) is 0.202. The monoisotopic (exact) mass is 612 g/mol. The molecule has 0 aromatic heterocycles. The molecule has 12 nitrogen and oxygen atoms in total. The zero-order valence-corrected chi connectivity index (χ0v) is 26.0. The number of esters is 1. The van der Waals surface area contributed by atoms with Crippen LogP contribution in [0.4, 0.5) is 10.5 Å². The van der Waals surface area contributed by atoms with Gasteiger partial charge < -0.3 is 14.8 Å². The molecule has 1 aliphatic rings. The van der Waals surface area contributed by atoms with E-state index in [0.29, 0.717) is 49.6 Å². The number of nitrogens with zero attached hydrogens (tertiary/aromatic N) is 1. The molecule has 1 aromatic rings. The van der Waals surface area contributed by atoms with E-state index in [1.807, 2.05) is 6.92 Å². The summed E-state index contributed by atoms with van der Waals surface area (Å²) in [4.78, 5) is 38.0. The summed E-state index contributed by atoms with van der Waals surface area (Å²) < 4.78 is 36.0. The number of benzene rings is 1. The number of nitrogens with one attached hydrogen (secondary N) is 3. The van der Waals surface area contributed by atoms with Crippen LogP contribution in [0, 0.1) is 11.3 Å². The largest absolute Gasteiger partial charge is 0.465 e. The average Bonchev–Trinajstić information content (AvgIpc) is 2.92. The molecule has 42 heavy (non-hydrogen) atoms. The van der Waals surface area contributed by atoms with Gasteiger partial charge in [-0.1, -0.05) is 39.0 Å². The minimum atomic E-state index is -3.67. The number of amidine groups is 1. The highest BCUT2D eigenvalue weighted by Crippen LogP contribution is 2.22. The summed E-state index contributed by atoms with van der Waals surface area (Å²) in [5, 5.41) is 13.4. The maximum absolute atomic E-state index is 12.4. The molecule has 1 fully saturated rings. The maximum atomic E-state index is 12.4. The third-order valence-corrected chi connectivity index (χ3v) is 6.56. The van der Waals surface area contributed by atoms with E-state index in [2.05, 4.69) is 22.5 Å². The molecule has 0 bridgehead atoms. The van der Waals surface area contributed by atoms with Crippen LogP contribution in [0.25, 0.3) is 0 Å². The van der Waals surface area contributed by atoms with Gasteiger partial charge in [0.2, 0.25) is 5.91 Å². The van der Waals surface area contributed by atoms with Gasteiger partial charge in [-0.15, -0.1) is 0 Å². The third-order valence-electron chi connectivity index (χ3n) is 6.56. The second-order valence-electron chi connectivity index (χ2n) is 10.3. The van der Waals surface area contributed by atoms with Gasteiger partial charge >= 0.3 is 12.1 Å². The molecule has 0 unspecified atom stereocenters. The molecule has 2 rings (SSSR count). The van der Waals surface area contributed by atoms with E-state index in [1.54, 1.807) is 24.3 Å². The number of unbranched alkanes of at least 4 members (excludes halogenated alkanes) is 5. The topological polar surface area (TPSA) is 175 Å². The van der Waals surface area contributed by atoms with Crippen LogP contribution in [0.1, 0.15) is 83.6 Å². The van der Waals surface area contributed by atoms with Crippen molar-refractivity contribution in [1.82, 2.24) is 10.2 Å². The SMILES string of the molecule is CCCCCCCCOC(=O)NC(=N)c1ccc(NC(=O)CCC2CCN(CC(=O)OCC)CC2)cc1.CS(=O)(=O)O. The van der Waals surface area contributed by atoms with Gasteiger partial charge in [-0.2, -0.15) is 8.42 Å². The number of anilines is 1. The van der Waals surface area contributed by atoms with Crippen LogP contribution in [0.2, 0.25) is 0 Å². The first-order valence-electron chi connectivity index (χ1n) is 14.6. The molecule has 0 aliphatic carbocycles. The fraction of sp³-hybridized carbons (Fsp3) is 0.655. The fourth-order valence-electron chi connectivity index (χ4n) is 4.36. The van der Waals surface area contributed by atoms with Crippen molar-refractivity contribution in [1.29, 1.82) is 5.41 Å². The Morgan fingerprint density at radius 1 is 1.00 bits per heavy atom. The minimum absolute atomic E-state index is 0.0416. The second-order valence-corrected chi connectivity index (χ2v) is 11.8. The Hall–Kier alpha value is -3.03. The van der Waals surface area contributed by atoms with Crippen molar-refractivity contribution in [2.45, 2.75) is 78.1 Å². The number of likely N-dealkylation sites (tertiary alicyclic amines) is 1. The lowest BCUT2D eigenvalue weighted by Crippen LogP contribution is -2.38. The summed E-state index contributed by atoms with van der Waals surface area (Å²) in [6.07, 6.45) is 9.95. The Labute approximate surface area is 250 Å². The summed E-state index contributed by atoms with van der Waals surface area (Å²) >= 11 is 0. The highest BCUT2D eigenvalue weighted by Gasteiger charge is 2.22. The van der Waals surface area contributed by atoms with E-state index in [-0.39, 0.29) is 17.7 Å². The van der Waals surface area contributed by atoms with Crippen molar-refractivity contribution in [2.24, 2.45) is 5.92 Å². The zero-order valence-electron chi connectivity index (χ0n) is 25.2. The number of amides is 2. The maximum Gasteiger partial charge on any atom is 0.412 e. The molecule has 0 saturated carbocycles. The van der Waals surface area contributed by atoms with Crippen LogP contribution in [0.15, 0.2) is 24.3 Å². The molecule has 1 saturated heterocycles. The van der Waals surface area contributed by atoms with Crippen LogP contribution in [0.5, 0.6) is 0 Å². The Morgan fingerprint density at radius 2 is 1.60 bits per heavy atom. The second kappa shape index (κ2) is 20.8. The van der Waals surface area contributed by atoms with Crippen LogP contribution < -0.4 is 10.6 Å². The van der Waals surface area contributed by atoms with Crippen LogP contribution in [-0.4, -0.2) is 80.8 Å². The first-order chi connectivity index (χ1) is 19.9. The van der Waals surface area contributed by atoms with Crippen molar-refractivity contribution in [2.75, 3.05) is 44.4 Å². The van der Waals surface area contributed by atoms with Gasteiger partial charge in [-0.25, -0.2) is 4.79 Å². The molecule has 0 atom stereocenters. The first-order valence-corrected chi connectivity index (χ1v) is 16.5.